The molecule has 0 aliphatic rings. The Kier molecular flexibility index (Phi) is 3.97. The molecule has 7 heteroatoms. The number of nitrogens with zero attached hydrogens (tertiary/aromatic N) is 1. The van der Waals surface area contributed by atoms with Crippen LogP contribution in [-0.2, 0) is 6.54 Å². The van der Waals surface area contributed by atoms with E-state index in [-0.39, 0.29) is 5.56 Å². The van der Waals surface area contributed by atoms with Crippen LogP contribution >= 0.6 is 23.2 Å². The summed E-state index contributed by atoms with van der Waals surface area (Å²) >= 11 is 11.7. The summed E-state index contributed by atoms with van der Waals surface area (Å²) in [6, 6.07) is 6.23. The Labute approximate surface area is 118 Å². The molecule has 0 unspecified atom stereocenters. The molecule has 1 aromatic carbocycles. The van der Waals surface area contributed by atoms with E-state index >= 15 is 0 Å². The van der Waals surface area contributed by atoms with Gasteiger partial charge in [0.05, 0.1) is 10.0 Å². The SMILES string of the molecule is CCn1c(=O)cc(Nc2ccc(Cl)c(Cl)c2)[nH]c1=O. The Morgan fingerprint density at radius 3 is 2.53 bits per heavy atom. The molecular formula is C12H11Cl2N3O2. The molecule has 1 aromatic heterocycles. The van der Waals surface area contributed by atoms with Crippen LogP contribution in [-0.4, -0.2) is 9.55 Å². The topological polar surface area (TPSA) is 66.9 Å². The van der Waals surface area contributed by atoms with E-state index in [4.69, 9.17) is 23.2 Å². The van der Waals surface area contributed by atoms with Gasteiger partial charge in [-0.05, 0) is 25.1 Å². The van der Waals surface area contributed by atoms with Crippen molar-refractivity contribution in [3.63, 3.8) is 0 Å². The van der Waals surface area contributed by atoms with Crippen molar-refractivity contribution < 1.29 is 0 Å². The van der Waals surface area contributed by atoms with Crippen molar-refractivity contribution in [2.24, 2.45) is 0 Å². The maximum absolute atomic E-state index is 11.7. The van der Waals surface area contributed by atoms with Gasteiger partial charge in [-0.25, -0.2) is 4.79 Å². The van der Waals surface area contributed by atoms with E-state index in [0.717, 1.165) is 4.57 Å². The molecule has 0 saturated heterocycles. The zero-order valence-electron chi connectivity index (χ0n) is 10.0. The second-order valence-corrected chi connectivity index (χ2v) is 4.64. The van der Waals surface area contributed by atoms with Crippen LogP contribution in [0.1, 0.15) is 6.92 Å². The van der Waals surface area contributed by atoms with Crippen LogP contribution < -0.4 is 16.6 Å². The maximum Gasteiger partial charge on any atom is 0.329 e. The van der Waals surface area contributed by atoms with Crippen LogP contribution in [0.5, 0.6) is 0 Å². The molecule has 0 bridgehead atoms. The smallest absolute Gasteiger partial charge is 0.329 e. The van der Waals surface area contributed by atoms with Gasteiger partial charge in [-0.15, -0.1) is 0 Å². The summed E-state index contributed by atoms with van der Waals surface area (Å²) < 4.78 is 1.10. The van der Waals surface area contributed by atoms with E-state index in [2.05, 4.69) is 10.3 Å². The molecule has 2 rings (SSSR count). The number of aromatic nitrogens is 2. The number of aromatic amines is 1. The number of hydrogen-bond donors (Lipinski definition) is 2. The van der Waals surface area contributed by atoms with Crippen LogP contribution in [0.4, 0.5) is 11.5 Å². The molecule has 5 nitrogen and oxygen atoms in total. The zero-order chi connectivity index (χ0) is 14.0. The first-order chi connectivity index (χ1) is 9.01. The Morgan fingerprint density at radius 2 is 1.95 bits per heavy atom. The van der Waals surface area contributed by atoms with E-state index in [1.54, 1.807) is 25.1 Å². The predicted octanol–water partition coefficient (Wildman–Crippen LogP) is 2.61. The van der Waals surface area contributed by atoms with Gasteiger partial charge < -0.3 is 5.32 Å². The van der Waals surface area contributed by atoms with Crippen molar-refractivity contribution in [1.82, 2.24) is 9.55 Å². The van der Waals surface area contributed by atoms with Gasteiger partial charge in [-0.1, -0.05) is 23.2 Å². The van der Waals surface area contributed by atoms with Gasteiger partial charge >= 0.3 is 5.69 Å². The molecule has 2 N–H and O–H groups in total. The summed E-state index contributed by atoms with van der Waals surface area (Å²) in [5.41, 5.74) is -0.204. The number of anilines is 2. The second-order valence-electron chi connectivity index (χ2n) is 3.82. The Balaban J connectivity index is 2.36. The van der Waals surface area contributed by atoms with Crippen molar-refractivity contribution in [2.45, 2.75) is 13.5 Å². The van der Waals surface area contributed by atoms with Gasteiger partial charge in [0.15, 0.2) is 0 Å². The van der Waals surface area contributed by atoms with Crippen molar-refractivity contribution >= 4 is 34.7 Å². The summed E-state index contributed by atoms with van der Waals surface area (Å²) in [5.74, 6) is 0.304. The Hall–Kier alpha value is -1.72. The van der Waals surface area contributed by atoms with Crippen molar-refractivity contribution in [3.8, 4) is 0 Å². The van der Waals surface area contributed by atoms with Crippen LogP contribution in [0.25, 0.3) is 0 Å². The lowest BCUT2D eigenvalue weighted by Crippen LogP contribution is -2.34. The standard InChI is InChI=1S/C12H11Cl2N3O2/c1-2-17-11(18)6-10(16-12(17)19)15-7-3-4-8(13)9(14)5-7/h3-6,15H,2H2,1H3,(H,16,19). The first-order valence-corrected chi connectivity index (χ1v) is 6.33. The van der Waals surface area contributed by atoms with Gasteiger partial charge in [-0.3, -0.25) is 14.3 Å². The van der Waals surface area contributed by atoms with Crippen LogP contribution in [0.15, 0.2) is 33.9 Å². The first kappa shape index (κ1) is 13.7. The molecule has 0 fully saturated rings. The van der Waals surface area contributed by atoms with Crippen molar-refractivity contribution in [3.05, 3.63) is 55.1 Å². The molecule has 0 amide bonds. The van der Waals surface area contributed by atoms with Gasteiger partial charge in [0.1, 0.15) is 5.82 Å². The average molecular weight is 300 g/mol. The number of rotatable bonds is 3. The third-order valence-corrected chi connectivity index (χ3v) is 3.27. The van der Waals surface area contributed by atoms with E-state index in [1.807, 2.05) is 0 Å². The molecule has 0 aliphatic carbocycles. The summed E-state index contributed by atoms with van der Waals surface area (Å²) in [6.07, 6.45) is 0. The van der Waals surface area contributed by atoms with Gasteiger partial charge in [-0.2, -0.15) is 0 Å². The van der Waals surface area contributed by atoms with Gasteiger partial charge in [0.2, 0.25) is 0 Å². The lowest BCUT2D eigenvalue weighted by Gasteiger charge is -2.08. The number of hydrogen-bond acceptors (Lipinski definition) is 3. The van der Waals surface area contributed by atoms with Crippen molar-refractivity contribution in [2.75, 3.05) is 5.32 Å². The largest absolute Gasteiger partial charge is 0.341 e. The molecule has 100 valence electrons. The van der Waals surface area contributed by atoms with Crippen LogP contribution in [0.2, 0.25) is 10.0 Å². The van der Waals surface area contributed by atoms with Gasteiger partial charge in [0, 0.05) is 18.3 Å². The fraction of sp³-hybridized carbons (Fsp3) is 0.167. The highest BCUT2D eigenvalue weighted by molar-refractivity contribution is 6.42. The third-order valence-electron chi connectivity index (χ3n) is 2.54. The van der Waals surface area contributed by atoms with Crippen molar-refractivity contribution in [1.29, 1.82) is 0 Å². The fourth-order valence-electron chi connectivity index (χ4n) is 1.62. The molecule has 1 heterocycles. The first-order valence-electron chi connectivity index (χ1n) is 5.57. The molecule has 0 spiro atoms. The lowest BCUT2D eigenvalue weighted by molar-refractivity contribution is 0.674. The lowest BCUT2D eigenvalue weighted by atomic mass is 10.3. The average Bonchev–Trinajstić information content (AvgIpc) is 2.33. The van der Waals surface area contributed by atoms with Crippen LogP contribution in [0.3, 0.4) is 0 Å². The second kappa shape index (κ2) is 5.50. The number of H-pyrrole nitrogens is 1. The normalized spacial score (nSPS) is 10.5. The molecular weight excluding hydrogens is 289 g/mol. The quantitative estimate of drug-likeness (QED) is 0.915. The number of benzene rings is 1. The summed E-state index contributed by atoms with van der Waals surface area (Å²) in [4.78, 5) is 25.9. The minimum atomic E-state index is -0.461. The number of nitrogens with one attached hydrogen (secondary N) is 2. The van der Waals surface area contributed by atoms with E-state index in [1.165, 1.54) is 6.07 Å². The maximum atomic E-state index is 11.7. The van der Waals surface area contributed by atoms with E-state index < -0.39 is 5.69 Å². The highest BCUT2D eigenvalue weighted by atomic mass is 35.5. The molecule has 0 saturated carbocycles. The number of halogens is 2. The van der Waals surface area contributed by atoms with E-state index in [0.29, 0.717) is 28.1 Å². The Morgan fingerprint density at radius 1 is 1.21 bits per heavy atom. The molecule has 0 atom stereocenters. The minimum absolute atomic E-state index is 0.304. The predicted molar refractivity (Wildman–Crippen MR) is 76.7 cm³/mol. The summed E-state index contributed by atoms with van der Waals surface area (Å²) in [7, 11) is 0. The molecule has 2 aromatic rings. The Bertz CT molecular complexity index is 690. The fourth-order valence-corrected chi connectivity index (χ4v) is 1.91. The highest BCUT2D eigenvalue weighted by Crippen LogP contribution is 2.26. The zero-order valence-corrected chi connectivity index (χ0v) is 11.5. The molecule has 19 heavy (non-hydrogen) atoms. The van der Waals surface area contributed by atoms with E-state index in [9.17, 15) is 9.59 Å². The molecule has 0 aliphatic heterocycles. The minimum Gasteiger partial charge on any atom is -0.341 e. The summed E-state index contributed by atoms with van der Waals surface area (Å²) in [6.45, 7) is 2.05. The molecule has 0 radical (unpaired) electrons. The monoisotopic (exact) mass is 299 g/mol. The highest BCUT2D eigenvalue weighted by Gasteiger charge is 2.04. The summed E-state index contributed by atoms with van der Waals surface area (Å²) in [5, 5.41) is 3.71. The van der Waals surface area contributed by atoms with Crippen LogP contribution in [0, 0.1) is 0 Å². The third kappa shape index (κ3) is 3.00. The van der Waals surface area contributed by atoms with Gasteiger partial charge in [0.25, 0.3) is 5.56 Å².